The number of rotatable bonds is 4. The highest BCUT2D eigenvalue weighted by Crippen LogP contribution is 2.28. The van der Waals surface area contributed by atoms with Crippen molar-refractivity contribution in [2.75, 3.05) is 12.4 Å². The molecule has 0 fully saturated rings. The minimum Gasteiger partial charge on any atom is -0.497 e. The van der Waals surface area contributed by atoms with Crippen molar-refractivity contribution in [3.63, 3.8) is 0 Å². The molecule has 0 saturated heterocycles. The van der Waals surface area contributed by atoms with Gasteiger partial charge in [-0.05, 0) is 17.7 Å². The van der Waals surface area contributed by atoms with Crippen molar-refractivity contribution >= 4 is 23.2 Å². The van der Waals surface area contributed by atoms with E-state index in [-0.39, 0.29) is 0 Å². The molecule has 106 valence electrons. The molecule has 0 saturated carbocycles. The Kier molecular flexibility index (Phi) is 4.81. The Morgan fingerprint density at radius 2 is 2.00 bits per heavy atom. The van der Waals surface area contributed by atoms with Crippen molar-refractivity contribution in [1.82, 2.24) is 0 Å². The summed E-state index contributed by atoms with van der Waals surface area (Å²) in [6.45, 7) is 0. The van der Waals surface area contributed by atoms with Gasteiger partial charge in [-0.25, -0.2) is 0 Å². The minimum absolute atomic E-state index is 0.383. The molecule has 2 rings (SSSR count). The fourth-order valence-electron chi connectivity index (χ4n) is 1.86. The van der Waals surface area contributed by atoms with Gasteiger partial charge >= 0.3 is 0 Å². The Bertz CT molecular complexity index is 680. The van der Waals surface area contributed by atoms with Crippen LogP contribution in [0.1, 0.15) is 11.5 Å². The second kappa shape index (κ2) is 6.78. The first-order chi connectivity index (χ1) is 10.2. The Hall–Kier alpha value is -2.51. The molecule has 1 amide bonds. The molecule has 0 heterocycles. The first-order valence-electron chi connectivity index (χ1n) is 6.24. The lowest BCUT2D eigenvalue weighted by Gasteiger charge is -2.12. The van der Waals surface area contributed by atoms with Gasteiger partial charge in [0.05, 0.1) is 23.9 Å². The Labute approximate surface area is 127 Å². The monoisotopic (exact) mass is 300 g/mol. The molecule has 0 aliphatic carbocycles. The lowest BCUT2D eigenvalue weighted by molar-refractivity contribution is -0.116. The van der Waals surface area contributed by atoms with Gasteiger partial charge in [0, 0.05) is 6.07 Å². The molecule has 0 radical (unpaired) electrons. The molecule has 0 aliphatic heterocycles. The summed E-state index contributed by atoms with van der Waals surface area (Å²) < 4.78 is 5.09. The summed E-state index contributed by atoms with van der Waals surface area (Å²) in [5, 5.41) is 12.3. The zero-order chi connectivity index (χ0) is 15.2. The number of hydrogen-bond acceptors (Lipinski definition) is 3. The maximum atomic E-state index is 12.3. The summed E-state index contributed by atoms with van der Waals surface area (Å²) in [7, 11) is 1.52. The summed E-state index contributed by atoms with van der Waals surface area (Å²) in [6.07, 6.45) is 0. The van der Waals surface area contributed by atoms with Gasteiger partial charge in [-0.15, -0.1) is 0 Å². The topological polar surface area (TPSA) is 62.1 Å². The summed E-state index contributed by atoms with van der Waals surface area (Å²) in [6, 6.07) is 15.8. The Morgan fingerprint density at radius 1 is 1.29 bits per heavy atom. The normalized spacial score (nSPS) is 11.3. The lowest BCUT2D eigenvalue weighted by atomic mass is 10.00. The van der Waals surface area contributed by atoms with Gasteiger partial charge in [0.2, 0.25) is 5.91 Å². The largest absolute Gasteiger partial charge is 0.497 e. The smallest absolute Gasteiger partial charge is 0.246 e. The van der Waals surface area contributed by atoms with E-state index in [1.807, 2.05) is 12.1 Å². The predicted octanol–water partition coefficient (Wildman–Crippen LogP) is 3.59. The van der Waals surface area contributed by atoms with Crippen LogP contribution < -0.4 is 10.1 Å². The molecule has 1 atom stereocenters. The van der Waals surface area contributed by atoms with Crippen LogP contribution in [0.15, 0.2) is 48.5 Å². The molecule has 1 unspecified atom stereocenters. The molecule has 2 aromatic carbocycles. The number of carbonyl (C=O) groups excluding carboxylic acids is 1. The fourth-order valence-corrected chi connectivity index (χ4v) is 2.03. The number of methoxy groups -OCH3 is 1. The molecule has 1 N–H and O–H groups in total. The number of nitrogens with one attached hydrogen (secondary N) is 1. The highest BCUT2D eigenvalue weighted by Gasteiger charge is 2.20. The van der Waals surface area contributed by atoms with Gasteiger partial charge in [-0.2, -0.15) is 5.26 Å². The third kappa shape index (κ3) is 3.53. The van der Waals surface area contributed by atoms with Crippen molar-refractivity contribution in [3.8, 4) is 11.8 Å². The van der Waals surface area contributed by atoms with Crippen LogP contribution in [0.2, 0.25) is 5.02 Å². The zero-order valence-corrected chi connectivity index (χ0v) is 12.1. The maximum absolute atomic E-state index is 12.3. The van der Waals surface area contributed by atoms with Crippen LogP contribution >= 0.6 is 11.6 Å². The van der Waals surface area contributed by atoms with Crippen LogP contribution in [-0.2, 0) is 4.79 Å². The maximum Gasteiger partial charge on any atom is 0.246 e. The van der Waals surface area contributed by atoms with Crippen molar-refractivity contribution in [3.05, 3.63) is 59.1 Å². The first kappa shape index (κ1) is 14.9. The highest BCUT2D eigenvalue weighted by molar-refractivity contribution is 6.33. The van der Waals surface area contributed by atoms with Crippen molar-refractivity contribution < 1.29 is 9.53 Å². The average Bonchev–Trinajstić information content (AvgIpc) is 2.51. The quantitative estimate of drug-likeness (QED) is 0.938. The number of nitrogens with zero attached hydrogens (tertiary/aromatic N) is 1. The lowest BCUT2D eigenvalue weighted by Crippen LogP contribution is -2.20. The van der Waals surface area contributed by atoms with Crippen molar-refractivity contribution in [2.24, 2.45) is 0 Å². The molecule has 2 aromatic rings. The van der Waals surface area contributed by atoms with Crippen molar-refractivity contribution in [2.45, 2.75) is 5.92 Å². The van der Waals surface area contributed by atoms with Crippen LogP contribution in [0.5, 0.6) is 5.75 Å². The summed E-state index contributed by atoms with van der Waals surface area (Å²) >= 11 is 6.04. The Morgan fingerprint density at radius 3 is 2.62 bits per heavy atom. The second-order valence-electron chi connectivity index (χ2n) is 4.31. The van der Waals surface area contributed by atoms with E-state index in [1.54, 1.807) is 42.5 Å². The number of benzene rings is 2. The van der Waals surface area contributed by atoms with Crippen LogP contribution in [0.3, 0.4) is 0 Å². The van der Waals surface area contributed by atoms with Gasteiger partial charge in [0.1, 0.15) is 5.75 Å². The number of halogens is 1. The number of ether oxygens (including phenoxy) is 1. The second-order valence-corrected chi connectivity index (χ2v) is 4.72. The van der Waals surface area contributed by atoms with Gasteiger partial charge in [0.15, 0.2) is 5.92 Å². The number of anilines is 1. The van der Waals surface area contributed by atoms with E-state index >= 15 is 0 Å². The SMILES string of the molecule is COc1ccc(Cl)c(NC(=O)C(C#N)c2ccccc2)c1. The number of carbonyl (C=O) groups is 1. The van der Waals surface area contributed by atoms with E-state index in [0.717, 1.165) is 0 Å². The van der Waals surface area contributed by atoms with Gasteiger partial charge in [-0.3, -0.25) is 4.79 Å². The minimum atomic E-state index is -0.895. The molecular weight excluding hydrogens is 288 g/mol. The van der Waals surface area contributed by atoms with Crippen LogP contribution in [-0.4, -0.2) is 13.0 Å². The summed E-state index contributed by atoms with van der Waals surface area (Å²) in [5.41, 5.74) is 1.05. The molecule has 5 heteroatoms. The third-order valence-electron chi connectivity index (χ3n) is 2.96. The Balaban J connectivity index is 2.23. The molecular formula is C16H13ClN2O2. The first-order valence-corrected chi connectivity index (χ1v) is 6.62. The molecule has 4 nitrogen and oxygen atoms in total. The standard InChI is InChI=1S/C16H13ClN2O2/c1-21-12-7-8-14(17)15(9-12)19-16(20)13(10-18)11-5-3-2-4-6-11/h2-9,13H,1H3,(H,19,20). The van der Waals surface area contributed by atoms with E-state index < -0.39 is 11.8 Å². The number of nitriles is 1. The van der Waals surface area contributed by atoms with Gasteiger partial charge < -0.3 is 10.1 Å². The predicted molar refractivity (Wildman–Crippen MR) is 81.4 cm³/mol. The van der Waals surface area contributed by atoms with E-state index in [4.69, 9.17) is 16.3 Å². The average molecular weight is 301 g/mol. The van der Waals surface area contributed by atoms with Gasteiger partial charge in [-0.1, -0.05) is 41.9 Å². The van der Waals surface area contributed by atoms with E-state index in [0.29, 0.717) is 22.0 Å². The van der Waals surface area contributed by atoms with E-state index in [2.05, 4.69) is 5.32 Å². The molecule has 0 bridgehead atoms. The van der Waals surface area contributed by atoms with E-state index in [9.17, 15) is 10.1 Å². The molecule has 0 aromatic heterocycles. The molecule has 0 aliphatic rings. The van der Waals surface area contributed by atoms with Crippen molar-refractivity contribution in [1.29, 1.82) is 5.26 Å². The number of amides is 1. The van der Waals surface area contributed by atoms with Crippen LogP contribution in [0, 0.1) is 11.3 Å². The van der Waals surface area contributed by atoms with Crippen LogP contribution in [0.4, 0.5) is 5.69 Å². The fraction of sp³-hybridized carbons (Fsp3) is 0.125. The third-order valence-corrected chi connectivity index (χ3v) is 3.29. The number of hydrogen-bond donors (Lipinski definition) is 1. The highest BCUT2D eigenvalue weighted by atomic mass is 35.5. The molecule has 0 spiro atoms. The van der Waals surface area contributed by atoms with E-state index in [1.165, 1.54) is 7.11 Å². The summed E-state index contributed by atoms with van der Waals surface area (Å²) in [5.74, 6) is -0.754. The summed E-state index contributed by atoms with van der Waals surface area (Å²) in [4.78, 5) is 12.3. The molecule has 21 heavy (non-hydrogen) atoms. The zero-order valence-electron chi connectivity index (χ0n) is 11.3. The van der Waals surface area contributed by atoms with Gasteiger partial charge in [0.25, 0.3) is 0 Å². The van der Waals surface area contributed by atoms with Crippen LogP contribution in [0.25, 0.3) is 0 Å².